The highest BCUT2D eigenvalue weighted by atomic mass is 16.4. The number of carboxylic acid groups (broad SMARTS) is 2. The van der Waals surface area contributed by atoms with Crippen LogP contribution in [-0.4, -0.2) is 80.6 Å². The smallest absolute Gasteiger partial charge is 0.326 e. The summed E-state index contributed by atoms with van der Waals surface area (Å²) in [7, 11) is 0. The van der Waals surface area contributed by atoms with E-state index in [1.165, 1.54) is 12.5 Å². The first-order valence-corrected chi connectivity index (χ1v) is 11.8. The first-order valence-electron chi connectivity index (χ1n) is 11.8. The van der Waals surface area contributed by atoms with Crippen LogP contribution in [-0.2, 0) is 30.4 Å². The number of unbranched alkanes of at least 4 members (excludes halogenated alkanes) is 1. The molecule has 3 amide bonds. The number of aliphatic carboxylic acids is 2. The number of aromatic nitrogens is 2. The van der Waals surface area contributed by atoms with Gasteiger partial charge in [0.15, 0.2) is 0 Å². The fraction of sp³-hybridized carbons (Fsp3) is 0.636. The molecule has 5 atom stereocenters. The van der Waals surface area contributed by atoms with Gasteiger partial charge in [-0.05, 0) is 31.7 Å². The molecule has 0 aliphatic carbocycles. The van der Waals surface area contributed by atoms with Crippen molar-refractivity contribution in [1.29, 1.82) is 0 Å². The molecule has 36 heavy (non-hydrogen) atoms. The molecule has 0 aromatic carbocycles. The molecular weight excluding hydrogens is 474 g/mol. The predicted molar refractivity (Wildman–Crippen MR) is 128 cm³/mol. The van der Waals surface area contributed by atoms with E-state index in [1.54, 1.807) is 6.92 Å². The van der Waals surface area contributed by atoms with Crippen LogP contribution in [0.4, 0.5) is 0 Å². The van der Waals surface area contributed by atoms with Gasteiger partial charge in [-0.2, -0.15) is 0 Å². The number of carboxylic acids is 2. The van der Waals surface area contributed by atoms with Crippen LogP contribution in [0.5, 0.6) is 0 Å². The van der Waals surface area contributed by atoms with Gasteiger partial charge in [-0.3, -0.25) is 19.2 Å². The van der Waals surface area contributed by atoms with E-state index in [4.69, 9.17) is 16.6 Å². The normalized spacial score (nSPS) is 15.1. The second-order valence-electron chi connectivity index (χ2n) is 8.60. The number of amides is 3. The van der Waals surface area contributed by atoms with Crippen molar-refractivity contribution in [2.24, 2.45) is 17.4 Å². The van der Waals surface area contributed by atoms with Gasteiger partial charge in [-0.1, -0.05) is 20.3 Å². The molecule has 1 rings (SSSR count). The van der Waals surface area contributed by atoms with Crippen molar-refractivity contribution < 1.29 is 34.2 Å². The second-order valence-corrected chi connectivity index (χ2v) is 8.60. The molecule has 202 valence electrons. The summed E-state index contributed by atoms with van der Waals surface area (Å²) in [6.45, 7) is 3.93. The average molecular weight is 512 g/mol. The lowest BCUT2D eigenvalue weighted by Gasteiger charge is -2.28. The number of carbonyl (C=O) groups is 5. The Bertz CT molecular complexity index is 878. The number of nitrogens with zero attached hydrogens (tertiary/aromatic N) is 1. The van der Waals surface area contributed by atoms with Gasteiger partial charge in [-0.15, -0.1) is 0 Å². The summed E-state index contributed by atoms with van der Waals surface area (Å²) in [5.74, 6) is -5.31. The number of rotatable bonds is 17. The Morgan fingerprint density at radius 3 is 2.22 bits per heavy atom. The van der Waals surface area contributed by atoms with E-state index in [0.717, 1.165) is 0 Å². The minimum Gasteiger partial charge on any atom is -0.481 e. The number of carbonyl (C=O) groups excluding carboxylic acids is 3. The fourth-order valence-corrected chi connectivity index (χ4v) is 3.36. The standard InChI is InChI=1S/C22H37N7O7/c1-3-12(2)18(29-19(32)14(24)8-13-10-25-11-26-13)21(34)27-15(6-4-5-7-23)20(33)28-16(22(35)36)9-17(30)31/h10-12,14-16,18H,3-9,23-24H2,1-2H3,(H,25,26)(H,27,34)(H,28,33)(H,29,32)(H,30,31)(H,35,36). The van der Waals surface area contributed by atoms with E-state index >= 15 is 0 Å². The lowest BCUT2D eigenvalue weighted by atomic mass is 9.96. The zero-order valence-corrected chi connectivity index (χ0v) is 20.5. The first-order chi connectivity index (χ1) is 17.0. The highest BCUT2D eigenvalue weighted by molar-refractivity contribution is 5.94. The molecule has 1 aromatic heterocycles. The third-order valence-electron chi connectivity index (χ3n) is 5.70. The maximum absolute atomic E-state index is 13.2. The number of hydrogen-bond donors (Lipinski definition) is 8. The van der Waals surface area contributed by atoms with E-state index in [1.807, 2.05) is 6.92 Å². The summed E-state index contributed by atoms with van der Waals surface area (Å²) in [5, 5.41) is 25.5. The molecule has 14 nitrogen and oxygen atoms in total. The van der Waals surface area contributed by atoms with E-state index < -0.39 is 60.2 Å². The molecule has 0 aliphatic rings. The third kappa shape index (κ3) is 10.4. The summed E-state index contributed by atoms with van der Waals surface area (Å²) in [6.07, 6.45) is 3.98. The van der Waals surface area contributed by atoms with Crippen LogP contribution in [0.25, 0.3) is 0 Å². The van der Waals surface area contributed by atoms with E-state index in [-0.39, 0.29) is 18.8 Å². The fourth-order valence-electron chi connectivity index (χ4n) is 3.36. The van der Waals surface area contributed by atoms with Crippen molar-refractivity contribution in [1.82, 2.24) is 25.9 Å². The maximum Gasteiger partial charge on any atom is 0.326 e. The number of nitrogens with one attached hydrogen (secondary N) is 4. The Labute approximate surface area is 209 Å². The van der Waals surface area contributed by atoms with Crippen molar-refractivity contribution in [2.45, 2.75) is 76.5 Å². The Kier molecular flexibility index (Phi) is 13.1. The molecule has 0 saturated carbocycles. The molecular formula is C22H37N7O7. The van der Waals surface area contributed by atoms with Gasteiger partial charge in [0.2, 0.25) is 17.7 Å². The van der Waals surface area contributed by atoms with Crippen molar-refractivity contribution >= 4 is 29.7 Å². The SMILES string of the molecule is CCC(C)C(NC(=O)C(N)Cc1cnc[nH]1)C(=O)NC(CCCCN)C(=O)NC(CC(=O)O)C(=O)O. The van der Waals surface area contributed by atoms with Crippen LogP contribution in [0.2, 0.25) is 0 Å². The van der Waals surface area contributed by atoms with Gasteiger partial charge in [0.05, 0.1) is 18.8 Å². The molecule has 0 fully saturated rings. The van der Waals surface area contributed by atoms with Crippen molar-refractivity contribution in [3.63, 3.8) is 0 Å². The first kappa shape index (κ1) is 30.5. The zero-order valence-electron chi connectivity index (χ0n) is 20.5. The Hall–Kier alpha value is -3.52. The zero-order chi connectivity index (χ0) is 27.3. The van der Waals surface area contributed by atoms with Crippen LogP contribution >= 0.6 is 0 Å². The molecule has 10 N–H and O–H groups in total. The lowest BCUT2D eigenvalue weighted by Crippen LogP contribution is -2.58. The predicted octanol–water partition coefficient (Wildman–Crippen LogP) is -1.53. The van der Waals surface area contributed by atoms with Gasteiger partial charge < -0.3 is 42.6 Å². The van der Waals surface area contributed by atoms with Gasteiger partial charge in [0.1, 0.15) is 18.1 Å². The minimum absolute atomic E-state index is 0.134. The highest BCUT2D eigenvalue weighted by Gasteiger charge is 2.32. The summed E-state index contributed by atoms with van der Waals surface area (Å²) >= 11 is 0. The van der Waals surface area contributed by atoms with E-state index in [0.29, 0.717) is 31.5 Å². The molecule has 1 heterocycles. The van der Waals surface area contributed by atoms with Crippen LogP contribution in [0.3, 0.4) is 0 Å². The number of imidazole rings is 1. The number of H-pyrrole nitrogens is 1. The van der Waals surface area contributed by atoms with Crippen molar-refractivity contribution in [3.8, 4) is 0 Å². The largest absolute Gasteiger partial charge is 0.481 e. The van der Waals surface area contributed by atoms with Crippen LogP contribution in [0.15, 0.2) is 12.5 Å². The second kappa shape index (κ2) is 15.5. The average Bonchev–Trinajstić information content (AvgIpc) is 3.33. The Morgan fingerprint density at radius 2 is 1.69 bits per heavy atom. The molecule has 0 aliphatic heterocycles. The third-order valence-corrected chi connectivity index (χ3v) is 5.70. The summed E-state index contributed by atoms with van der Waals surface area (Å²) < 4.78 is 0. The summed E-state index contributed by atoms with van der Waals surface area (Å²) in [6, 6.07) is -4.81. The molecule has 14 heteroatoms. The molecule has 5 unspecified atom stereocenters. The van der Waals surface area contributed by atoms with Gasteiger partial charge in [0.25, 0.3) is 0 Å². The molecule has 0 bridgehead atoms. The highest BCUT2D eigenvalue weighted by Crippen LogP contribution is 2.11. The minimum atomic E-state index is -1.67. The topological polar surface area (TPSA) is 243 Å². The van der Waals surface area contributed by atoms with Crippen molar-refractivity contribution in [3.05, 3.63) is 18.2 Å². The van der Waals surface area contributed by atoms with Gasteiger partial charge in [0, 0.05) is 18.3 Å². The summed E-state index contributed by atoms with van der Waals surface area (Å²) in [4.78, 5) is 67.7. The van der Waals surface area contributed by atoms with Gasteiger partial charge >= 0.3 is 11.9 Å². The lowest BCUT2D eigenvalue weighted by molar-refractivity contribution is -0.147. The van der Waals surface area contributed by atoms with Crippen LogP contribution < -0.4 is 27.4 Å². The molecule has 0 radical (unpaired) electrons. The van der Waals surface area contributed by atoms with E-state index in [9.17, 15) is 29.1 Å². The number of aromatic amines is 1. The van der Waals surface area contributed by atoms with E-state index in [2.05, 4.69) is 25.9 Å². The van der Waals surface area contributed by atoms with Crippen LogP contribution in [0, 0.1) is 5.92 Å². The summed E-state index contributed by atoms with van der Waals surface area (Å²) in [5.41, 5.74) is 12.1. The van der Waals surface area contributed by atoms with Crippen molar-refractivity contribution in [2.75, 3.05) is 6.54 Å². The quantitative estimate of drug-likeness (QED) is 0.112. The molecule has 0 spiro atoms. The molecule has 1 aromatic rings. The Morgan fingerprint density at radius 1 is 1.03 bits per heavy atom. The van der Waals surface area contributed by atoms with Crippen LogP contribution in [0.1, 0.15) is 51.6 Å². The molecule has 0 saturated heterocycles. The number of nitrogens with two attached hydrogens (primary N) is 2. The van der Waals surface area contributed by atoms with Gasteiger partial charge in [-0.25, -0.2) is 9.78 Å². The monoisotopic (exact) mass is 511 g/mol. The maximum atomic E-state index is 13.2. The Balaban J connectivity index is 2.98. The number of hydrogen-bond acceptors (Lipinski definition) is 8.